The molecule has 4 aromatic heterocycles. The van der Waals surface area contributed by atoms with Gasteiger partial charge < -0.3 is 14.5 Å². The minimum Gasteiger partial charge on any atom is -0.435 e. The first-order valence-electron chi connectivity index (χ1n) is 9.95. The van der Waals surface area contributed by atoms with Crippen molar-refractivity contribution in [2.24, 2.45) is 0 Å². The summed E-state index contributed by atoms with van der Waals surface area (Å²) in [7, 11) is 0. The Balaban J connectivity index is 1.70. The molecule has 0 aliphatic carbocycles. The molecule has 4 heterocycles. The summed E-state index contributed by atoms with van der Waals surface area (Å²) in [6, 6.07) is 2.96. The first kappa shape index (κ1) is 19.7. The lowest BCUT2D eigenvalue weighted by Gasteiger charge is -2.09. The van der Waals surface area contributed by atoms with Crippen molar-refractivity contribution in [2.75, 3.05) is 0 Å². The van der Waals surface area contributed by atoms with Gasteiger partial charge in [-0.15, -0.1) is 0 Å². The van der Waals surface area contributed by atoms with Crippen LogP contribution in [-0.2, 0) is 6.42 Å². The van der Waals surface area contributed by atoms with Crippen molar-refractivity contribution >= 4 is 21.9 Å². The summed E-state index contributed by atoms with van der Waals surface area (Å²) in [5.74, 6) is 1.80. The Bertz CT molecular complexity index is 1430. The van der Waals surface area contributed by atoms with Crippen LogP contribution in [0.1, 0.15) is 24.1 Å². The molecule has 10 heteroatoms. The molecule has 0 atom stereocenters. The fourth-order valence-corrected chi connectivity index (χ4v) is 3.36. The van der Waals surface area contributed by atoms with Crippen LogP contribution in [0.4, 0.5) is 4.39 Å². The Labute approximate surface area is 181 Å². The molecule has 0 amide bonds. The van der Waals surface area contributed by atoms with Crippen LogP contribution < -0.4 is 9.47 Å². The average molecular weight is 431 g/mol. The highest BCUT2D eigenvalue weighted by atomic mass is 19.1. The Morgan fingerprint density at radius 2 is 1.50 bits per heavy atom. The van der Waals surface area contributed by atoms with E-state index in [0.29, 0.717) is 46.0 Å². The molecule has 0 aliphatic rings. The molecule has 160 valence electrons. The molecule has 9 nitrogen and oxygen atoms in total. The van der Waals surface area contributed by atoms with E-state index in [1.807, 2.05) is 6.92 Å². The Hall–Kier alpha value is -4.21. The van der Waals surface area contributed by atoms with Crippen LogP contribution in [0.5, 0.6) is 23.4 Å². The second-order valence-corrected chi connectivity index (χ2v) is 7.14. The largest absolute Gasteiger partial charge is 0.435 e. The summed E-state index contributed by atoms with van der Waals surface area (Å²) in [6.07, 6.45) is 6.77. The number of aromatic amines is 1. The highest BCUT2D eigenvalue weighted by molar-refractivity contribution is 6.09. The van der Waals surface area contributed by atoms with Crippen LogP contribution in [0.15, 0.2) is 36.9 Å². The highest BCUT2D eigenvalue weighted by Gasteiger charge is 2.19. The van der Waals surface area contributed by atoms with Crippen LogP contribution >= 0.6 is 0 Å². The second kappa shape index (κ2) is 7.80. The van der Waals surface area contributed by atoms with Gasteiger partial charge in [-0.25, -0.2) is 24.3 Å². The first-order chi connectivity index (χ1) is 15.5. The van der Waals surface area contributed by atoms with Gasteiger partial charge in [0.15, 0.2) is 11.5 Å². The molecule has 0 aliphatic heterocycles. The van der Waals surface area contributed by atoms with Gasteiger partial charge in [-0.3, -0.25) is 0 Å². The number of rotatable bonds is 5. The summed E-state index contributed by atoms with van der Waals surface area (Å²) >= 11 is 0. The van der Waals surface area contributed by atoms with E-state index < -0.39 is 0 Å². The number of aryl methyl sites for hydroxylation is 3. The second-order valence-electron chi connectivity index (χ2n) is 7.14. The number of aromatic nitrogens is 7. The third-order valence-corrected chi connectivity index (χ3v) is 4.87. The maximum Gasteiger partial charge on any atom is 0.327 e. The summed E-state index contributed by atoms with van der Waals surface area (Å²) in [4.78, 5) is 28.7. The van der Waals surface area contributed by atoms with E-state index in [1.165, 1.54) is 36.9 Å². The number of halogens is 1. The van der Waals surface area contributed by atoms with Gasteiger partial charge in [0.1, 0.15) is 23.1 Å². The van der Waals surface area contributed by atoms with Crippen LogP contribution in [0, 0.1) is 19.7 Å². The molecular formula is C22H18FN7O2. The molecule has 0 unspecified atom stereocenters. The average Bonchev–Trinajstić information content (AvgIpc) is 3.15. The topological polar surface area (TPSA) is 112 Å². The van der Waals surface area contributed by atoms with E-state index in [2.05, 4.69) is 34.9 Å². The van der Waals surface area contributed by atoms with Crippen LogP contribution in [0.3, 0.4) is 0 Å². The SMILES string of the molecule is CCc1cc(F)cc2c1[nH]c1nc(Oc3cnc(C)nc3)nc(Oc3cnc(C)nc3)c12. The standard InChI is InChI=1S/C22H18FN7O2/c1-4-13-5-14(23)6-17-18-20(28-19(13)17)29-22(32-16-9-26-12(3)27-10-16)30-21(18)31-15-7-24-11(2)25-8-15/h5-10H,4H2,1-3H3,(H,28,29,30). The van der Waals surface area contributed by atoms with Crippen LogP contribution in [0.25, 0.3) is 21.9 Å². The van der Waals surface area contributed by atoms with Crippen molar-refractivity contribution in [1.82, 2.24) is 34.9 Å². The monoisotopic (exact) mass is 431 g/mol. The Morgan fingerprint density at radius 3 is 2.12 bits per heavy atom. The number of hydrogen-bond donors (Lipinski definition) is 1. The number of hydrogen-bond acceptors (Lipinski definition) is 8. The zero-order valence-electron chi connectivity index (χ0n) is 17.5. The lowest BCUT2D eigenvalue weighted by molar-refractivity contribution is 0.413. The van der Waals surface area contributed by atoms with Crippen molar-refractivity contribution in [3.8, 4) is 23.4 Å². The molecule has 0 saturated carbocycles. The molecule has 1 N–H and O–H groups in total. The van der Waals surface area contributed by atoms with E-state index in [1.54, 1.807) is 13.8 Å². The number of benzene rings is 1. The maximum absolute atomic E-state index is 14.3. The lowest BCUT2D eigenvalue weighted by Crippen LogP contribution is -1.98. The molecule has 32 heavy (non-hydrogen) atoms. The predicted molar refractivity (Wildman–Crippen MR) is 114 cm³/mol. The minimum absolute atomic E-state index is 0.0260. The van der Waals surface area contributed by atoms with E-state index in [-0.39, 0.29) is 17.7 Å². The number of ether oxygens (including phenoxy) is 2. The molecule has 1 aromatic carbocycles. The fourth-order valence-electron chi connectivity index (χ4n) is 3.36. The zero-order chi connectivity index (χ0) is 22.2. The van der Waals surface area contributed by atoms with Crippen LogP contribution in [-0.4, -0.2) is 34.9 Å². The fraction of sp³-hybridized carbons (Fsp3) is 0.182. The summed E-state index contributed by atoms with van der Waals surface area (Å²) in [6.45, 7) is 5.51. The van der Waals surface area contributed by atoms with Gasteiger partial charge in [-0.05, 0) is 38.0 Å². The van der Waals surface area contributed by atoms with Crippen molar-refractivity contribution in [2.45, 2.75) is 27.2 Å². The maximum atomic E-state index is 14.3. The molecular weight excluding hydrogens is 413 g/mol. The van der Waals surface area contributed by atoms with E-state index in [0.717, 1.165) is 11.1 Å². The normalized spacial score (nSPS) is 11.2. The van der Waals surface area contributed by atoms with E-state index >= 15 is 0 Å². The van der Waals surface area contributed by atoms with Crippen molar-refractivity contribution in [1.29, 1.82) is 0 Å². The molecule has 0 bridgehead atoms. The molecule has 5 aromatic rings. The van der Waals surface area contributed by atoms with Crippen molar-refractivity contribution in [3.05, 3.63) is 59.9 Å². The third-order valence-electron chi connectivity index (χ3n) is 4.87. The minimum atomic E-state index is -0.350. The van der Waals surface area contributed by atoms with Gasteiger partial charge in [0.05, 0.1) is 35.7 Å². The molecule has 0 radical (unpaired) electrons. The predicted octanol–water partition coefficient (Wildman–Crippen LogP) is 4.59. The number of nitrogens with zero attached hydrogens (tertiary/aromatic N) is 6. The third kappa shape index (κ3) is 3.66. The van der Waals surface area contributed by atoms with E-state index in [4.69, 9.17) is 9.47 Å². The van der Waals surface area contributed by atoms with Gasteiger partial charge in [0.2, 0.25) is 5.88 Å². The Kier molecular flexibility index (Phi) is 4.81. The van der Waals surface area contributed by atoms with Gasteiger partial charge in [0, 0.05) is 5.39 Å². The zero-order valence-corrected chi connectivity index (χ0v) is 17.5. The van der Waals surface area contributed by atoms with Gasteiger partial charge >= 0.3 is 6.01 Å². The van der Waals surface area contributed by atoms with Gasteiger partial charge in [-0.1, -0.05) is 6.92 Å². The number of H-pyrrole nitrogens is 1. The molecule has 5 rings (SSSR count). The van der Waals surface area contributed by atoms with Crippen molar-refractivity contribution in [3.63, 3.8) is 0 Å². The number of fused-ring (bicyclic) bond motifs is 3. The van der Waals surface area contributed by atoms with Gasteiger partial charge in [-0.2, -0.15) is 9.97 Å². The smallest absolute Gasteiger partial charge is 0.327 e. The lowest BCUT2D eigenvalue weighted by atomic mass is 10.1. The van der Waals surface area contributed by atoms with Crippen molar-refractivity contribution < 1.29 is 13.9 Å². The Morgan fingerprint density at radius 1 is 0.875 bits per heavy atom. The summed E-state index contributed by atoms with van der Waals surface area (Å²) < 4.78 is 26.1. The van der Waals surface area contributed by atoms with Crippen LogP contribution in [0.2, 0.25) is 0 Å². The molecule has 0 fully saturated rings. The first-order valence-corrected chi connectivity index (χ1v) is 9.95. The number of nitrogens with one attached hydrogen (secondary N) is 1. The van der Waals surface area contributed by atoms with E-state index in [9.17, 15) is 4.39 Å². The highest BCUT2D eigenvalue weighted by Crippen LogP contribution is 2.37. The molecule has 0 spiro atoms. The summed E-state index contributed by atoms with van der Waals surface area (Å²) in [5, 5.41) is 1.15. The quantitative estimate of drug-likeness (QED) is 0.430. The molecule has 0 saturated heterocycles. The summed E-state index contributed by atoms with van der Waals surface area (Å²) in [5.41, 5.74) is 2.03. The van der Waals surface area contributed by atoms with Gasteiger partial charge in [0.25, 0.3) is 0 Å².